The Bertz CT molecular complexity index is 459. The number of hydrogen-bond acceptors (Lipinski definition) is 4. The SMILES string of the molecule is CCC(NS(=O)(=O)c1cnc(Cl)nc1)C(C)C. The van der Waals surface area contributed by atoms with Gasteiger partial charge in [-0.05, 0) is 23.9 Å². The highest BCUT2D eigenvalue weighted by Gasteiger charge is 2.21. The lowest BCUT2D eigenvalue weighted by atomic mass is 10.0. The van der Waals surface area contributed by atoms with Crippen LogP contribution in [0.2, 0.25) is 5.28 Å². The van der Waals surface area contributed by atoms with Gasteiger partial charge in [-0.15, -0.1) is 0 Å². The first kappa shape index (κ1) is 14.3. The van der Waals surface area contributed by atoms with Gasteiger partial charge in [-0.3, -0.25) is 0 Å². The van der Waals surface area contributed by atoms with Gasteiger partial charge in [0, 0.05) is 6.04 Å². The van der Waals surface area contributed by atoms with E-state index < -0.39 is 10.0 Å². The first-order valence-electron chi connectivity index (χ1n) is 5.36. The second-order valence-electron chi connectivity index (χ2n) is 4.07. The monoisotopic (exact) mass is 277 g/mol. The van der Waals surface area contributed by atoms with Crippen LogP contribution in [-0.4, -0.2) is 24.4 Å². The van der Waals surface area contributed by atoms with Crippen molar-refractivity contribution in [3.8, 4) is 0 Å². The summed E-state index contributed by atoms with van der Waals surface area (Å²) in [6.07, 6.45) is 3.13. The van der Waals surface area contributed by atoms with Crippen LogP contribution >= 0.6 is 11.6 Å². The Hall–Kier alpha value is -0.720. The van der Waals surface area contributed by atoms with Crippen LogP contribution in [0.3, 0.4) is 0 Å². The fourth-order valence-electron chi connectivity index (χ4n) is 1.40. The molecule has 0 aliphatic carbocycles. The average Bonchev–Trinajstić information content (AvgIpc) is 2.26. The van der Waals surface area contributed by atoms with E-state index in [-0.39, 0.29) is 22.1 Å². The summed E-state index contributed by atoms with van der Waals surface area (Å²) in [5, 5.41) is 0.0276. The van der Waals surface area contributed by atoms with Crippen molar-refractivity contribution in [2.45, 2.75) is 38.1 Å². The summed E-state index contributed by atoms with van der Waals surface area (Å²) in [7, 11) is -3.57. The molecule has 7 heteroatoms. The minimum absolute atomic E-state index is 0.0276. The van der Waals surface area contributed by atoms with Crippen LogP contribution in [0.15, 0.2) is 17.3 Å². The summed E-state index contributed by atoms with van der Waals surface area (Å²) in [5.41, 5.74) is 0. The molecule has 5 nitrogen and oxygen atoms in total. The highest BCUT2D eigenvalue weighted by molar-refractivity contribution is 7.89. The lowest BCUT2D eigenvalue weighted by Crippen LogP contribution is -2.38. The largest absolute Gasteiger partial charge is 0.243 e. The molecule has 1 rings (SSSR count). The Morgan fingerprint density at radius 3 is 2.29 bits per heavy atom. The summed E-state index contributed by atoms with van der Waals surface area (Å²) in [6, 6.07) is -0.101. The smallest absolute Gasteiger partial charge is 0.225 e. The maximum atomic E-state index is 12.0. The molecule has 1 N–H and O–H groups in total. The number of hydrogen-bond donors (Lipinski definition) is 1. The molecular weight excluding hydrogens is 262 g/mol. The van der Waals surface area contributed by atoms with Crippen LogP contribution in [0.5, 0.6) is 0 Å². The van der Waals surface area contributed by atoms with E-state index in [9.17, 15) is 8.42 Å². The summed E-state index contributed by atoms with van der Waals surface area (Å²) in [5.74, 6) is 0.225. The molecular formula is C10H16ClN3O2S. The molecule has 0 aromatic carbocycles. The molecule has 0 aliphatic heterocycles. The number of sulfonamides is 1. The highest BCUT2D eigenvalue weighted by atomic mass is 35.5. The van der Waals surface area contributed by atoms with Crippen LogP contribution in [0.1, 0.15) is 27.2 Å². The predicted octanol–water partition coefficient (Wildman–Crippen LogP) is 1.84. The van der Waals surface area contributed by atoms with Gasteiger partial charge in [-0.1, -0.05) is 20.8 Å². The molecule has 0 amide bonds. The molecule has 1 unspecified atom stereocenters. The third kappa shape index (κ3) is 3.90. The molecule has 0 radical (unpaired) electrons. The molecule has 0 fully saturated rings. The quantitative estimate of drug-likeness (QED) is 0.834. The molecule has 0 bridgehead atoms. The van der Waals surface area contributed by atoms with Crippen LogP contribution < -0.4 is 4.72 Å². The summed E-state index contributed by atoms with van der Waals surface area (Å²) in [6.45, 7) is 5.87. The predicted molar refractivity (Wildman–Crippen MR) is 66.3 cm³/mol. The van der Waals surface area contributed by atoms with E-state index >= 15 is 0 Å². The van der Waals surface area contributed by atoms with Crippen molar-refractivity contribution in [2.24, 2.45) is 5.92 Å². The van der Waals surface area contributed by atoms with E-state index in [2.05, 4.69) is 14.7 Å². The van der Waals surface area contributed by atoms with Crippen molar-refractivity contribution in [1.29, 1.82) is 0 Å². The van der Waals surface area contributed by atoms with Gasteiger partial charge in [0.2, 0.25) is 15.3 Å². The fraction of sp³-hybridized carbons (Fsp3) is 0.600. The maximum absolute atomic E-state index is 12.0. The fourth-order valence-corrected chi connectivity index (χ4v) is 2.85. The molecule has 0 aliphatic rings. The van der Waals surface area contributed by atoms with Gasteiger partial charge in [0.05, 0.1) is 12.4 Å². The number of aromatic nitrogens is 2. The Morgan fingerprint density at radius 1 is 1.35 bits per heavy atom. The summed E-state index contributed by atoms with van der Waals surface area (Å²) < 4.78 is 26.6. The summed E-state index contributed by atoms with van der Waals surface area (Å²) >= 11 is 5.51. The minimum atomic E-state index is -3.57. The van der Waals surface area contributed by atoms with Gasteiger partial charge < -0.3 is 0 Å². The first-order chi connectivity index (χ1) is 7.86. The van der Waals surface area contributed by atoms with Crippen LogP contribution in [-0.2, 0) is 10.0 Å². The lowest BCUT2D eigenvalue weighted by Gasteiger charge is -2.20. The van der Waals surface area contributed by atoms with Crippen LogP contribution in [0.4, 0.5) is 0 Å². The third-order valence-electron chi connectivity index (χ3n) is 2.46. The van der Waals surface area contributed by atoms with Crippen LogP contribution in [0, 0.1) is 5.92 Å². The highest BCUT2D eigenvalue weighted by Crippen LogP contribution is 2.12. The molecule has 96 valence electrons. The molecule has 1 aromatic rings. The maximum Gasteiger partial charge on any atom is 0.243 e. The van der Waals surface area contributed by atoms with Gasteiger partial charge >= 0.3 is 0 Å². The van der Waals surface area contributed by atoms with Crippen molar-refractivity contribution in [2.75, 3.05) is 0 Å². The zero-order valence-corrected chi connectivity index (χ0v) is 11.6. The second kappa shape index (κ2) is 5.75. The first-order valence-corrected chi connectivity index (χ1v) is 7.22. The molecule has 17 heavy (non-hydrogen) atoms. The van der Waals surface area contributed by atoms with E-state index in [0.717, 1.165) is 6.42 Å². The van der Waals surface area contributed by atoms with E-state index in [1.165, 1.54) is 12.4 Å². The Labute approximate surface area is 107 Å². The van der Waals surface area contributed by atoms with Crippen molar-refractivity contribution in [3.05, 3.63) is 17.7 Å². The zero-order chi connectivity index (χ0) is 13.1. The van der Waals surface area contributed by atoms with Gasteiger partial charge in [-0.2, -0.15) is 0 Å². The van der Waals surface area contributed by atoms with E-state index in [0.29, 0.717) is 0 Å². The molecule has 0 saturated heterocycles. The molecule has 0 spiro atoms. The Morgan fingerprint density at radius 2 is 1.88 bits per heavy atom. The summed E-state index contributed by atoms with van der Waals surface area (Å²) in [4.78, 5) is 7.35. The molecule has 0 saturated carbocycles. The van der Waals surface area contributed by atoms with Crippen molar-refractivity contribution < 1.29 is 8.42 Å². The van der Waals surface area contributed by atoms with E-state index in [1.54, 1.807) is 0 Å². The lowest BCUT2D eigenvalue weighted by molar-refractivity contribution is 0.437. The van der Waals surface area contributed by atoms with Gasteiger partial charge in [-0.25, -0.2) is 23.1 Å². The van der Waals surface area contributed by atoms with Crippen LogP contribution in [0.25, 0.3) is 0 Å². The second-order valence-corrected chi connectivity index (χ2v) is 6.12. The average molecular weight is 278 g/mol. The minimum Gasteiger partial charge on any atom is -0.225 e. The van der Waals surface area contributed by atoms with Crippen molar-refractivity contribution >= 4 is 21.6 Å². The third-order valence-corrected chi connectivity index (χ3v) is 4.10. The topological polar surface area (TPSA) is 72.0 Å². The number of rotatable bonds is 5. The van der Waals surface area contributed by atoms with Crippen molar-refractivity contribution in [1.82, 2.24) is 14.7 Å². The van der Waals surface area contributed by atoms with Crippen molar-refractivity contribution in [3.63, 3.8) is 0 Å². The van der Waals surface area contributed by atoms with E-state index in [4.69, 9.17) is 11.6 Å². The molecule has 1 heterocycles. The van der Waals surface area contributed by atoms with Gasteiger partial charge in [0.25, 0.3) is 0 Å². The Kier molecular flexibility index (Phi) is 4.85. The van der Waals surface area contributed by atoms with Gasteiger partial charge in [0.15, 0.2) is 0 Å². The zero-order valence-electron chi connectivity index (χ0n) is 10.0. The number of halogens is 1. The molecule has 1 atom stereocenters. The number of nitrogens with zero attached hydrogens (tertiary/aromatic N) is 2. The van der Waals surface area contributed by atoms with E-state index in [1.807, 2.05) is 20.8 Å². The number of nitrogens with one attached hydrogen (secondary N) is 1. The normalized spacial score (nSPS) is 13.9. The standard InChI is InChI=1S/C10H16ClN3O2S/c1-4-9(7(2)3)14-17(15,16)8-5-12-10(11)13-6-8/h5-7,9,14H,4H2,1-3H3. The Balaban J connectivity index is 2.92. The molecule has 1 aromatic heterocycles. The van der Waals surface area contributed by atoms with Gasteiger partial charge in [0.1, 0.15) is 4.90 Å².